The summed E-state index contributed by atoms with van der Waals surface area (Å²) in [7, 11) is -1.52. The Kier molecular flexibility index (Phi) is 13.9. The number of piperidine rings is 2. The largest absolute Gasteiger partial charge is 0.492 e. The number of imide groups is 1. The van der Waals surface area contributed by atoms with E-state index in [-0.39, 0.29) is 24.3 Å². The minimum Gasteiger partial charge on any atom is -0.492 e. The van der Waals surface area contributed by atoms with Gasteiger partial charge in [-0.3, -0.25) is 29.5 Å². The van der Waals surface area contributed by atoms with Gasteiger partial charge in [-0.1, -0.05) is 73.7 Å². The zero-order valence-electron chi connectivity index (χ0n) is 37.8. The van der Waals surface area contributed by atoms with Gasteiger partial charge in [0, 0.05) is 102 Å². The van der Waals surface area contributed by atoms with E-state index in [4.69, 9.17) is 4.74 Å². The van der Waals surface area contributed by atoms with E-state index in [9.17, 15) is 29.2 Å². The molecule has 0 aliphatic carbocycles. The number of piperazine rings is 2. The number of fused-ring (bicyclic) bond motifs is 1. The Morgan fingerprint density at radius 2 is 1.41 bits per heavy atom. The summed E-state index contributed by atoms with van der Waals surface area (Å²) in [6.07, 6.45) is 3.36. The molecule has 0 bridgehead atoms. The van der Waals surface area contributed by atoms with Gasteiger partial charge in [0.25, 0.3) is 5.91 Å². The molecule has 15 heteroatoms. The molecule has 5 aliphatic rings. The number of allylic oxidation sites excluding steroid dienone is 1. The van der Waals surface area contributed by atoms with Crippen molar-refractivity contribution >= 4 is 53.2 Å². The van der Waals surface area contributed by atoms with Crippen LogP contribution in [0, 0.1) is 0 Å². The zero-order valence-corrected chi connectivity index (χ0v) is 37.8. The molecule has 0 radical (unpaired) electrons. The molecular weight excluding hydrogens is 833 g/mol. The fourth-order valence-corrected chi connectivity index (χ4v) is 10.4. The van der Waals surface area contributed by atoms with E-state index in [0.29, 0.717) is 49.7 Å². The first-order valence-corrected chi connectivity index (χ1v) is 23.6. The maximum atomic E-state index is 13.6. The van der Waals surface area contributed by atoms with E-state index in [0.717, 1.165) is 117 Å². The third-order valence-electron chi connectivity index (χ3n) is 14.2. The molecule has 1 unspecified atom stereocenters. The number of carbonyl (C=O) groups is 4. The lowest BCUT2D eigenvalue weighted by Gasteiger charge is -2.44. The van der Waals surface area contributed by atoms with Crippen LogP contribution in [-0.2, 0) is 16.1 Å². The molecule has 4 aromatic carbocycles. The normalized spacial score (nSPS) is 20.3. The maximum Gasteiger partial charge on any atom is 0.488 e. The van der Waals surface area contributed by atoms with E-state index in [1.165, 1.54) is 5.57 Å². The number of carbonyl (C=O) groups excluding carboxylic acids is 4. The summed E-state index contributed by atoms with van der Waals surface area (Å²) in [6, 6.07) is 32.0. The lowest BCUT2D eigenvalue weighted by Crippen LogP contribution is -2.57. The summed E-state index contributed by atoms with van der Waals surface area (Å²) in [5, 5.41) is 21.7. The number of likely N-dealkylation sites (tertiary alicyclic amines) is 1. The number of urea groups is 1. The van der Waals surface area contributed by atoms with E-state index in [1.807, 2.05) is 64.4 Å². The van der Waals surface area contributed by atoms with E-state index >= 15 is 0 Å². The van der Waals surface area contributed by atoms with Crippen LogP contribution in [0.15, 0.2) is 97.1 Å². The molecule has 5 aliphatic heterocycles. The first kappa shape index (κ1) is 45.2. The highest BCUT2D eigenvalue weighted by Gasteiger charge is 2.39. The number of ether oxygens (including phenoxy) is 1. The van der Waals surface area contributed by atoms with Crippen molar-refractivity contribution in [1.82, 2.24) is 29.8 Å². The van der Waals surface area contributed by atoms with Crippen LogP contribution in [0.3, 0.4) is 0 Å². The van der Waals surface area contributed by atoms with Crippen molar-refractivity contribution in [3.63, 3.8) is 0 Å². The average molecular weight is 894 g/mol. The van der Waals surface area contributed by atoms with E-state index < -0.39 is 19.1 Å². The highest BCUT2D eigenvalue weighted by molar-refractivity contribution is 6.58. The summed E-state index contributed by atoms with van der Waals surface area (Å²) < 4.78 is 6.23. The molecular formula is C51H60BN7O7. The van der Waals surface area contributed by atoms with Crippen molar-refractivity contribution in [3.05, 3.63) is 125 Å². The molecule has 4 aromatic rings. The van der Waals surface area contributed by atoms with Crippen molar-refractivity contribution in [2.75, 3.05) is 83.5 Å². The Labute approximate surface area is 387 Å². The molecule has 4 saturated heterocycles. The van der Waals surface area contributed by atoms with Crippen LogP contribution in [0.5, 0.6) is 5.75 Å². The molecule has 9 rings (SSSR count). The van der Waals surface area contributed by atoms with Gasteiger partial charge in [0.1, 0.15) is 18.4 Å². The highest BCUT2D eigenvalue weighted by Crippen LogP contribution is 2.35. The number of hydrogen-bond acceptors (Lipinski definition) is 10. The van der Waals surface area contributed by atoms with Crippen LogP contribution in [0.4, 0.5) is 10.5 Å². The molecule has 0 spiro atoms. The van der Waals surface area contributed by atoms with Gasteiger partial charge in [0.05, 0.1) is 0 Å². The van der Waals surface area contributed by atoms with Gasteiger partial charge >= 0.3 is 13.1 Å². The van der Waals surface area contributed by atoms with Crippen molar-refractivity contribution in [2.45, 2.75) is 57.7 Å². The minimum absolute atomic E-state index is 0.148. The molecule has 344 valence electrons. The third-order valence-corrected chi connectivity index (χ3v) is 14.2. The van der Waals surface area contributed by atoms with Crippen LogP contribution < -0.4 is 20.4 Å². The fourth-order valence-electron chi connectivity index (χ4n) is 10.4. The standard InChI is InChI=1S/C51H60BN7O7/c1-2-44(36-6-4-3-5-7-36)48(37-8-12-40(13-9-37)52(64)65)38-10-15-43(16-11-38)66-33-32-54-24-26-58(27-25-54)51(63)57-22-20-41(21-23-57)55-28-30-56(31-29-55)42-14-17-45-39(34-42)35-59(50(45)62)46-18-19-47(60)53-49(46)61/h3-17,34,41,46,64-65H,2,18-33,35H2,1H3,(H,53,60,61)/b48-44+. The second-order valence-corrected chi connectivity index (χ2v) is 18.0. The molecule has 66 heavy (non-hydrogen) atoms. The average Bonchev–Trinajstić information content (AvgIpc) is 3.68. The lowest BCUT2D eigenvalue weighted by molar-refractivity contribution is -0.136. The van der Waals surface area contributed by atoms with Crippen LogP contribution in [0.2, 0.25) is 0 Å². The number of nitrogens with zero attached hydrogens (tertiary/aromatic N) is 6. The molecule has 0 aromatic heterocycles. The molecule has 5 heterocycles. The van der Waals surface area contributed by atoms with Crippen LogP contribution in [0.25, 0.3) is 11.1 Å². The predicted octanol–water partition coefficient (Wildman–Crippen LogP) is 3.90. The van der Waals surface area contributed by atoms with E-state index in [2.05, 4.69) is 57.3 Å². The quantitative estimate of drug-likeness (QED) is 0.109. The number of hydrogen-bond donors (Lipinski definition) is 3. The van der Waals surface area contributed by atoms with Gasteiger partial charge in [0.2, 0.25) is 11.8 Å². The molecule has 3 N–H and O–H groups in total. The van der Waals surface area contributed by atoms with Crippen LogP contribution in [0.1, 0.15) is 71.6 Å². The first-order valence-electron chi connectivity index (χ1n) is 23.6. The number of amides is 5. The number of benzene rings is 4. The number of nitrogens with one attached hydrogen (secondary N) is 1. The van der Waals surface area contributed by atoms with E-state index in [1.54, 1.807) is 17.0 Å². The van der Waals surface area contributed by atoms with Gasteiger partial charge in [-0.2, -0.15) is 0 Å². The van der Waals surface area contributed by atoms with Gasteiger partial charge in [-0.15, -0.1) is 0 Å². The van der Waals surface area contributed by atoms with Crippen molar-refractivity contribution < 1.29 is 34.0 Å². The number of anilines is 1. The Morgan fingerprint density at radius 1 is 0.742 bits per heavy atom. The zero-order chi connectivity index (χ0) is 45.7. The minimum atomic E-state index is -1.52. The molecule has 14 nitrogen and oxygen atoms in total. The van der Waals surface area contributed by atoms with Crippen molar-refractivity contribution in [3.8, 4) is 5.75 Å². The molecule has 4 fully saturated rings. The van der Waals surface area contributed by atoms with Crippen molar-refractivity contribution in [2.24, 2.45) is 0 Å². The SMILES string of the molecule is CC/C(=C(\c1ccc(OCCN2CCN(C(=O)N3CCC(N4CCN(c5ccc6c(c5)CN(C5CCC(=O)NC5=O)C6=O)CC4)CC3)CC2)cc1)c1ccc(B(O)O)cc1)c1ccccc1. The topological polar surface area (TPSA) is 149 Å². The second-order valence-electron chi connectivity index (χ2n) is 18.0. The summed E-state index contributed by atoms with van der Waals surface area (Å²) in [4.78, 5) is 63.9. The summed E-state index contributed by atoms with van der Waals surface area (Å²) in [5.74, 6) is -0.0241. The monoisotopic (exact) mass is 893 g/mol. The Hall–Kier alpha value is -6.00. The molecule has 1 atom stereocenters. The maximum absolute atomic E-state index is 13.6. The summed E-state index contributed by atoms with van der Waals surface area (Å²) in [5.41, 5.74) is 8.60. The van der Waals surface area contributed by atoms with Gasteiger partial charge in [0.15, 0.2) is 0 Å². The third kappa shape index (κ3) is 9.90. The molecule has 0 saturated carbocycles. The summed E-state index contributed by atoms with van der Waals surface area (Å²) in [6.45, 7) is 12.1. The highest BCUT2D eigenvalue weighted by atomic mass is 16.5. The van der Waals surface area contributed by atoms with Gasteiger partial charge in [-0.05, 0) is 94.9 Å². The smallest absolute Gasteiger partial charge is 0.488 e. The number of rotatable bonds is 12. The fraction of sp³-hybridized carbons (Fsp3) is 0.412. The van der Waals surface area contributed by atoms with Gasteiger partial charge in [-0.25, -0.2) is 4.79 Å². The van der Waals surface area contributed by atoms with Crippen LogP contribution in [-0.4, -0.2) is 156 Å². The summed E-state index contributed by atoms with van der Waals surface area (Å²) >= 11 is 0. The molecule has 5 amide bonds. The Balaban J connectivity index is 0.702. The lowest BCUT2D eigenvalue weighted by atomic mass is 9.79. The van der Waals surface area contributed by atoms with Crippen LogP contribution >= 0.6 is 0 Å². The van der Waals surface area contributed by atoms with Gasteiger partial charge < -0.3 is 34.4 Å². The predicted molar refractivity (Wildman–Crippen MR) is 255 cm³/mol. The Morgan fingerprint density at radius 3 is 2.06 bits per heavy atom. The van der Waals surface area contributed by atoms with Crippen molar-refractivity contribution in [1.29, 1.82) is 0 Å². The first-order chi connectivity index (χ1) is 32.1. The second kappa shape index (κ2) is 20.3. The Bertz CT molecular complexity index is 2410.